The number of H-pyrrole nitrogens is 2. The van der Waals surface area contributed by atoms with Gasteiger partial charge < -0.3 is 44.4 Å². The number of nitrogens with zero attached hydrogens (tertiary/aromatic N) is 5. The lowest BCUT2D eigenvalue weighted by Gasteiger charge is -2.30. The number of hydrogen-bond acceptors (Lipinski definition) is 8. The fourth-order valence-corrected chi connectivity index (χ4v) is 11.6. The van der Waals surface area contributed by atoms with Crippen LogP contribution in [-0.4, -0.2) is 121 Å². The van der Waals surface area contributed by atoms with Crippen molar-refractivity contribution >= 4 is 64.2 Å². The van der Waals surface area contributed by atoms with Crippen molar-refractivity contribution < 1.29 is 28.7 Å². The number of hydrogen-bond donors (Lipinski definition) is 4. The maximum Gasteiger partial charge on any atom is 0.407 e. The molecule has 18 heteroatoms. The van der Waals surface area contributed by atoms with Crippen LogP contribution in [-0.2, 0) is 19.1 Å². The Labute approximate surface area is 437 Å². The van der Waals surface area contributed by atoms with Crippen molar-refractivity contribution in [2.45, 2.75) is 116 Å². The minimum absolute atomic E-state index is 0.122. The Morgan fingerprint density at radius 1 is 0.595 bits per heavy atom. The zero-order valence-electron chi connectivity index (χ0n) is 44.5. The van der Waals surface area contributed by atoms with Gasteiger partial charge in [0.15, 0.2) is 15.7 Å². The van der Waals surface area contributed by atoms with Crippen LogP contribution in [0.15, 0.2) is 78.9 Å². The minimum Gasteiger partial charge on any atom is -0.453 e. The van der Waals surface area contributed by atoms with Crippen LogP contribution in [0.4, 0.5) is 9.59 Å². The SMILES string of the molecule is Bc1cc(-c2ccc(-c3nc([C@@H]4CCCN4C(=O)[C@@H](NC(=O)OC)C(C)C)[nH]c3B)cc2)n(-c2ccc(C3CCCCC3)cc2)c1-c1ccc(-c2nc([C@@H]3CCCN3C(=O)[C@@H](NC(=O)OC)C(C)C)[nH]c2B)cc1. The van der Waals surface area contributed by atoms with Gasteiger partial charge in [-0.2, -0.15) is 0 Å². The molecule has 0 unspecified atom stereocenters. The summed E-state index contributed by atoms with van der Waals surface area (Å²) in [7, 11) is 8.83. The summed E-state index contributed by atoms with van der Waals surface area (Å²) in [6, 6.07) is 26.8. The van der Waals surface area contributed by atoms with Crippen molar-refractivity contribution in [1.29, 1.82) is 0 Å². The first-order valence-electron chi connectivity index (χ1n) is 26.6. The van der Waals surface area contributed by atoms with E-state index in [-0.39, 0.29) is 35.7 Å². The molecule has 5 heterocycles. The van der Waals surface area contributed by atoms with Crippen molar-refractivity contribution in [3.63, 3.8) is 0 Å². The molecular weight excluding hydrogens is 927 g/mol. The molecule has 1 saturated carbocycles. The van der Waals surface area contributed by atoms with Gasteiger partial charge in [-0.1, -0.05) is 113 Å². The number of benzene rings is 3. The molecule has 0 bridgehead atoms. The molecule has 9 rings (SSSR count). The number of likely N-dealkylation sites (tertiary alicyclic amines) is 2. The van der Waals surface area contributed by atoms with Gasteiger partial charge in [0.25, 0.3) is 0 Å². The van der Waals surface area contributed by atoms with Crippen LogP contribution in [0.2, 0.25) is 0 Å². The highest BCUT2D eigenvalue weighted by molar-refractivity contribution is 6.36. The molecule has 2 saturated heterocycles. The van der Waals surface area contributed by atoms with Gasteiger partial charge in [-0.05, 0) is 102 Å². The highest BCUT2D eigenvalue weighted by Crippen LogP contribution is 2.38. The number of methoxy groups -OCH3 is 2. The number of carbonyl (C=O) groups excluding carboxylic acids is 4. The predicted molar refractivity (Wildman–Crippen MR) is 298 cm³/mol. The number of carbonyl (C=O) groups is 4. The van der Waals surface area contributed by atoms with Crippen LogP contribution in [0.25, 0.3) is 50.7 Å². The first-order chi connectivity index (χ1) is 35.6. The Bertz CT molecular complexity index is 2980. The van der Waals surface area contributed by atoms with Gasteiger partial charge >= 0.3 is 12.2 Å². The molecule has 4 N–H and O–H groups in total. The third-order valence-electron chi connectivity index (χ3n) is 15.6. The number of aromatic nitrogens is 5. The lowest BCUT2D eigenvalue weighted by Crippen LogP contribution is -2.51. The molecule has 3 aromatic heterocycles. The second kappa shape index (κ2) is 22.3. The lowest BCUT2D eigenvalue weighted by atomic mass is 9.84. The lowest BCUT2D eigenvalue weighted by molar-refractivity contribution is -0.136. The van der Waals surface area contributed by atoms with Gasteiger partial charge in [0, 0.05) is 35.6 Å². The molecule has 2 aliphatic heterocycles. The van der Waals surface area contributed by atoms with Crippen molar-refractivity contribution in [1.82, 2.24) is 44.9 Å². The summed E-state index contributed by atoms with van der Waals surface area (Å²) >= 11 is 0. The van der Waals surface area contributed by atoms with Gasteiger partial charge in [-0.15, -0.1) is 0 Å². The van der Waals surface area contributed by atoms with Gasteiger partial charge in [0.1, 0.15) is 31.6 Å². The maximum absolute atomic E-state index is 13.9. The van der Waals surface area contributed by atoms with E-state index in [0.717, 1.165) is 105 Å². The molecular formula is C56H70B3N9O6. The summed E-state index contributed by atoms with van der Waals surface area (Å²) in [5.41, 5.74) is 13.4. The van der Waals surface area contributed by atoms with Crippen LogP contribution in [0.1, 0.15) is 121 Å². The average Bonchev–Trinajstić information content (AvgIpc) is 4.28. The second-order valence-corrected chi connectivity index (χ2v) is 21.3. The summed E-state index contributed by atoms with van der Waals surface area (Å²) in [6.45, 7) is 8.85. The average molecular weight is 998 g/mol. The van der Waals surface area contributed by atoms with Crippen LogP contribution in [0, 0.1) is 11.8 Å². The van der Waals surface area contributed by atoms with E-state index in [2.05, 4.69) is 112 Å². The smallest absolute Gasteiger partial charge is 0.407 e. The normalized spacial score (nSPS) is 17.9. The fraction of sp³-hybridized carbons (Fsp3) is 0.429. The van der Waals surface area contributed by atoms with Crippen LogP contribution in [0.5, 0.6) is 0 Å². The molecule has 1 aliphatic carbocycles. The van der Waals surface area contributed by atoms with Gasteiger partial charge in [0.2, 0.25) is 11.8 Å². The molecule has 74 heavy (non-hydrogen) atoms. The van der Waals surface area contributed by atoms with Crippen molar-refractivity contribution in [2.24, 2.45) is 11.8 Å². The summed E-state index contributed by atoms with van der Waals surface area (Å²) in [6.07, 6.45) is 8.33. The minimum atomic E-state index is -0.707. The Morgan fingerprint density at radius 3 is 1.49 bits per heavy atom. The largest absolute Gasteiger partial charge is 0.453 e. The van der Waals surface area contributed by atoms with Crippen molar-refractivity contribution in [3.05, 3.63) is 96.1 Å². The van der Waals surface area contributed by atoms with Gasteiger partial charge in [-0.25, -0.2) is 19.6 Å². The summed E-state index contributed by atoms with van der Waals surface area (Å²) < 4.78 is 12.1. The van der Waals surface area contributed by atoms with Crippen molar-refractivity contribution in [2.75, 3.05) is 27.3 Å². The summed E-state index contributed by atoms with van der Waals surface area (Å²) in [5.74, 6) is 1.56. The fourth-order valence-electron chi connectivity index (χ4n) is 11.6. The molecule has 3 aromatic carbocycles. The number of imidazole rings is 2. The number of nitrogens with one attached hydrogen (secondary N) is 4. The van der Waals surface area contributed by atoms with Gasteiger partial charge in [0.05, 0.1) is 43.4 Å². The van der Waals surface area contributed by atoms with E-state index >= 15 is 0 Å². The highest BCUT2D eigenvalue weighted by atomic mass is 16.5. The van der Waals surface area contributed by atoms with Crippen LogP contribution < -0.4 is 27.3 Å². The summed E-state index contributed by atoms with van der Waals surface area (Å²) in [5, 5.41) is 5.49. The Kier molecular flexibility index (Phi) is 15.6. The molecule has 4 amide bonds. The molecule has 3 fully saturated rings. The zero-order chi connectivity index (χ0) is 52.4. The number of alkyl carbamates (subject to hydrolysis) is 2. The Morgan fingerprint density at radius 2 is 1.04 bits per heavy atom. The molecule has 3 aliphatic rings. The van der Waals surface area contributed by atoms with Crippen molar-refractivity contribution in [3.8, 4) is 50.7 Å². The number of ether oxygens (including phenoxy) is 2. The number of rotatable bonds is 14. The van der Waals surface area contributed by atoms with E-state index in [0.29, 0.717) is 19.0 Å². The van der Waals surface area contributed by atoms with E-state index in [9.17, 15) is 19.2 Å². The molecule has 0 radical (unpaired) electrons. The molecule has 15 nitrogen and oxygen atoms in total. The number of amides is 4. The topological polar surface area (TPSA) is 180 Å². The monoisotopic (exact) mass is 998 g/mol. The first kappa shape index (κ1) is 51.9. The molecule has 4 atom stereocenters. The Hall–Kier alpha value is -6.97. The van der Waals surface area contributed by atoms with E-state index in [4.69, 9.17) is 19.4 Å². The summed E-state index contributed by atoms with van der Waals surface area (Å²) in [4.78, 5) is 73.1. The van der Waals surface area contributed by atoms with E-state index in [1.165, 1.54) is 51.9 Å². The maximum atomic E-state index is 13.9. The third kappa shape index (κ3) is 10.5. The van der Waals surface area contributed by atoms with E-state index < -0.39 is 24.3 Å². The van der Waals surface area contributed by atoms with Crippen LogP contribution in [0.3, 0.4) is 0 Å². The molecule has 6 aromatic rings. The quantitative estimate of drug-likeness (QED) is 0.103. The molecule has 0 spiro atoms. The Balaban J connectivity index is 1.01. The zero-order valence-corrected chi connectivity index (χ0v) is 44.5. The highest BCUT2D eigenvalue weighted by Gasteiger charge is 2.39. The van der Waals surface area contributed by atoms with Gasteiger partial charge in [-0.3, -0.25) is 9.59 Å². The standard InChI is InChI=1S/C56H70B3N9O6/c1-31(2)44(62-55(71)73-5)53(69)66-28-10-14-41(66)51-60-46(49(58)64-51)36-18-16-35(17-19-36)43-30-40(57)48(68(43)39-26-24-34(25-27-39)33-12-8-7-9-13-33)38-22-20-37(21-23-38)47-50(59)65-52(61-47)42-15-11-29-67(42)54(70)45(32(3)4)63-56(72)74-6/h16-27,30-33,41-42,44-45H,7-15,28-29,57-59H2,1-6H3,(H,60,64)(H,61,65)(H,62,71)(H,63,72)/t41-,42-,44-,45-/m0/s1. The second-order valence-electron chi connectivity index (χ2n) is 21.3. The van der Waals surface area contributed by atoms with E-state index in [1.54, 1.807) is 0 Å². The number of aromatic amines is 2. The third-order valence-corrected chi connectivity index (χ3v) is 15.6. The first-order valence-corrected chi connectivity index (χ1v) is 26.6. The van der Waals surface area contributed by atoms with E-state index in [1.807, 2.05) is 53.2 Å². The molecule has 384 valence electrons. The predicted octanol–water partition coefficient (Wildman–Crippen LogP) is 5.50. The van der Waals surface area contributed by atoms with Crippen LogP contribution >= 0.6 is 0 Å².